The Balaban J connectivity index is 0. The smallest absolute Gasteiger partial charge is 0.303 e. The Morgan fingerprint density at radius 3 is 1.45 bits per heavy atom. The molecule has 0 unspecified atom stereocenters. The summed E-state index contributed by atoms with van der Waals surface area (Å²) in [5.74, 6) is -0.903. The van der Waals surface area contributed by atoms with Crippen molar-refractivity contribution in [2.24, 2.45) is 0 Å². The maximum atomic E-state index is 9.64. The van der Waals surface area contributed by atoms with Gasteiger partial charge in [0.15, 0.2) is 0 Å². The van der Waals surface area contributed by atoms with Crippen LogP contribution in [0.3, 0.4) is 0 Å². The van der Waals surface area contributed by atoms with Crippen molar-refractivity contribution < 1.29 is 24.6 Å². The molecule has 0 atom stereocenters. The summed E-state index contributed by atoms with van der Waals surface area (Å²) < 4.78 is 0. The van der Waals surface area contributed by atoms with E-state index in [0.29, 0.717) is 0 Å². The fourth-order valence-corrected chi connectivity index (χ4v) is 0.214. The molecular formula is C6H8O5. The van der Waals surface area contributed by atoms with E-state index in [-0.39, 0.29) is 12.8 Å². The molecule has 0 saturated heterocycles. The van der Waals surface area contributed by atoms with Gasteiger partial charge in [0.1, 0.15) is 5.94 Å². The SMILES string of the molecule is C=C=O.O=C(O)CCC(=O)O. The molecule has 5 heteroatoms. The maximum Gasteiger partial charge on any atom is 0.303 e. The highest BCUT2D eigenvalue weighted by molar-refractivity contribution is 5.75. The van der Waals surface area contributed by atoms with Crippen LogP contribution in [-0.4, -0.2) is 28.1 Å². The minimum atomic E-state index is -1.08. The molecule has 0 aliphatic rings. The summed E-state index contributed by atoms with van der Waals surface area (Å²) in [4.78, 5) is 27.9. The van der Waals surface area contributed by atoms with E-state index in [0.717, 1.165) is 0 Å². The molecule has 0 spiro atoms. The second-order valence-electron chi connectivity index (χ2n) is 1.43. The van der Waals surface area contributed by atoms with Gasteiger partial charge in [-0.2, -0.15) is 0 Å². The first-order valence-corrected chi connectivity index (χ1v) is 2.62. The van der Waals surface area contributed by atoms with E-state index in [1.165, 1.54) is 5.94 Å². The van der Waals surface area contributed by atoms with E-state index in [4.69, 9.17) is 15.0 Å². The standard InChI is InChI=1S/C4H6O4.C2H2O/c5-3(6)1-2-4(7)8;1-2-3/h1-2H2,(H,5,6)(H,7,8);1H2. The van der Waals surface area contributed by atoms with Gasteiger partial charge in [-0.1, -0.05) is 0 Å². The van der Waals surface area contributed by atoms with Crippen molar-refractivity contribution in [3.8, 4) is 0 Å². The van der Waals surface area contributed by atoms with E-state index in [1.54, 1.807) is 0 Å². The number of carboxylic acids is 2. The molecule has 0 saturated carbocycles. The zero-order valence-corrected chi connectivity index (χ0v) is 5.74. The Kier molecular flexibility index (Phi) is 9.23. The third-order valence-electron chi connectivity index (χ3n) is 0.553. The lowest BCUT2D eigenvalue weighted by Crippen LogP contribution is -2.00. The lowest BCUT2D eigenvalue weighted by Gasteiger charge is -1.85. The third kappa shape index (κ3) is 29.8. The highest BCUT2D eigenvalue weighted by atomic mass is 16.4. The average Bonchev–Trinajstić information content (AvgIpc) is 1.85. The fourth-order valence-electron chi connectivity index (χ4n) is 0.214. The molecule has 0 aromatic carbocycles. The lowest BCUT2D eigenvalue weighted by atomic mass is 10.3. The van der Waals surface area contributed by atoms with Crippen molar-refractivity contribution in [3.63, 3.8) is 0 Å². The van der Waals surface area contributed by atoms with Gasteiger partial charge in [0, 0.05) is 0 Å². The molecule has 62 valence electrons. The number of hydrogen-bond donors (Lipinski definition) is 2. The highest BCUT2D eigenvalue weighted by Gasteiger charge is 2.00. The van der Waals surface area contributed by atoms with Crippen molar-refractivity contribution >= 4 is 17.9 Å². The molecule has 0 aromatic rings. The van der Waals surface area contributed by atoms with Gasteiger partial charge in [0.05, 0.1) is 12.8 Å². The second kappa shape index (κ2) is 8.39. The van der Waals surface area contributed by atoms with Crippen LogP contribution in [0.1, 0.15) is 12.8 Å². The Morgan fingerprint density at radius 2 is 1.36 bits per heavy atom. The first-order valence-electron chi connectivity index (χ1n) is 2.62. The van der Waals surface area contributed by atoms with Crippen LogP contribution in [0.5, 0.6) is 0 Å². The maximum absolute atomic E-state index is 9.64. The van der Waals surface area contributed by atoms with Crippen molar-refractivity contribution in [1.29, 1.82) is 0 Å². The quantitative estimate of drug-likeness (QED) is 0.564. The Hall–Kier alpha value is -1.61. The molecule has 0 radical (unpaired) electrons. The highest BCUT2D eigenvalue weighted by Crippen LogP contribution is 1.85. The van der Waals surface area contributed by atoms with Gasteiger partial charge < -0.3 is 10.2 Å². The van der Waals surface area contributed by atoms with E-state index >= 15 is 0 Å². The number of carbonyl (C=O) groups excluding carboxylic acids is 1. The molecular weight excluding hydrogens is 152 g/mol. The zero-order chi connectivity index (χ0) is 9.28. The summed E-state index contributed by atoms with van der Waals surface area (Å²) in [6.45, 7) is 2.68. The Labute approximate surface area is 63.0 Å². The van der Waals surface area contributed by atoms with E-state index < -0.39 is 11.9 Å². The van der Waals surface area contributed by atoms with Gasteiger partial charge in [-0.3, -0.25) is 9.59 Å². The minimum absolute atomic E-state index is 0.296. The second-order valence-corrected chi connectivity index (χ2v) is 1.43. The van der Waals surface area contributed by atoms with Crippen LogP contribution in [-0.2, 0) is 14.4 Å². The first kappa shape index (κ1) is 12.1. The summed E-state index contributed by atoms with van der Waals surface area (Å²) in [6, 6.07) is 0. The van der Waals surface area contributed by atoms with Crippen LogP contribution in [0.2, 0.25) is 0 Å². The van der Waals surface area contributed by atoms with Crippen molar-refractivity contribution in [3.05, 3.63) is 6.58 Å². The molecule has 0 amide bonds. The predicted octanol–water partition coefficient (Wildman–Crippen LogP) is -0.0602. The van der Waals surface area contributed by atoms with Gasteiger partial charge >= 0.3 is 11.9 Å². The van der Waals surface area contributed by atoms with Gasteiger partial charge in [-0.15, -0.1) is 0 Å². The van der Waals surface area contributed by atoms with Crippen LogP contribution < -0.4 is 0 Å². The first-order chi connectivity index (χ1) is 5.04. The van der Waals surface area contributed by atoms with Gasteiger partial charge in [-0.25, -0.2) is 4.79 Å². The number of aliphatic carboxylic acids is 2. The van der Waals surface area contributed by atoms with Gasteiger partial charge in [-0.05, 0) is 6.58 Å². The summed E-state index contributed by atoms with van der Waals surface area (Å²) in [5, 5.41) is 15.8. The van der Waals surface area contributed by atoms with Gasteiger partial charge in [0.25, 0.3) is 0 Å². The van der Waals surface area contributed by atoms with Crippen molar-refractivity contribution in [2.45, 2.75) is 12.8 Å². The molecule has 0 aromatic heterocycles. The summed E-state index contributed by atoms with van der Waals surface area (Å²) in [6.07, 6.45) is -0.593. The molecule has 0 rings (SSSR count). The lowest BCUT2D eigenvalue weighted by molar-refractivity contribution is -0.143. The molecule has 0 bridgehead atoms. The average molecular weight is 160 g/mol. The van der Waals surface area contributed by atoms with E-state index in [1.807, 2.05) is 0 Å². The molecule has 0 aliphatic heterocycles. The molecule has 5 nitrogen and oxygen atoms in total. The number of carbonyl (C=O) groups is 2. The fraction of sp³-hybridized carbons (Fsp3) is 0.333. The number of rotatable bonds is 3. The van der Waals surface area contributed by atoms with E-state index in [2.05, 4.69) is 6.58 Å². The van der Waals surface area contributed by atoms with Crippen LogP contribution in [0.15, 0.2) is 6.58 Å². The normalized spacial score (nSPS) is 6.91. The van der Waals surface area contributed by atoms with Gasteiger partial charge in [0.2, 0.25) is 0 Å². The van der Waals surface area contributed by atoms with Crippen LogP contribution in [0.4, 0.5) is 0 Å². The predicted molar refractivity (Wildman–Crippen MR) is 35.8 cm³/mol. The van der Waals surface area contributed by atoms with Crippen molar-refractivity contribution in [2.75, 3.05) is 0 Å². The largest absolute Gasteiger partial charge is 0.481 e. The summed E-state index contributed by atoms with van der Waals surface area (Å²) >= 11 is 0. The minimum Gasteiger partial charge on any atom is -0.481 e. The monoisotopic (exact) mass is 160 g/mol. The topological polar surface area (TPSA) is 91.7 Å². The molecule has 0 fully saturated rings. The molecule has 11 heavy (non-hydrogen) atoms. The van der Waals surface area contributed by atoms with Crippen LogP contribution >= 0.6 is 0 Å². The molecule has 0 aliphatic carbocycles. The third-order valence-corrected chi connectivity index (χ3v) is 0.553. The Morgan fingerprint density at radius 1 is 1.18 bits per heavy atom. The summed E-state index contributed by atoms with van der Waals surface area (Å²) in [5.41, 5.74) is 0. The van der Waals surface area contributed by atoms with Crippen LogP contribution in [0.25, 0.3) is 0 Å². The Bertz CT molecular complexity index is 152. The number of carboxylic acid groups (broad SMARTS) is 2. The van der Waals surface area contributed by atoms with Crippen molar-refractivity contribution in [1.82, 2.24) is 0 Å². The molecule has 2 N–H and O–H groups in total. The van der Waals surface area contributed by atoms with E-state index in [9.17, 15) is 9.59 Å². The zero-order valence-electron chi connectivity index (χ0n) is 5.74. The van der Waals surface area contributed by atoms with Crippen LogP contribution in [0, 0.1) is 0 Å². The number of hydrogen-bond acceptors (Lipinski definition) is 3. The molecule has 0 heterocycles. The summed E-state index contributed by atoms with van der Waals surface area (Å²) in [7, 11) is 0.